The molecule has 0 saturated carbocycles. The average molecular weight is 175 g/mol. The molecule has 0 saturated heterocycles. The van der Waals surface area contributed by atoms with Gasteiger partial charge in [0.15, 0.2) is 0 Å². The van der Waals surface area contributed by atoms with E-state index in [0.29, 0.717) is 0 Å². The van der Waals surface area contributed by atoms with Gasteiger partial charge in [-0.25, -0.2) is 0 Å². The van der Waals surface area contributed by atoms with Crippen LogP contribution in [0.25, 0.3) is 0 Å². The third-order valence-corrected chi connectivity index (χ3v) is 2.19. The number of nitrogens with zero attached hydrogens (tertiary/aromatic N) is 2. The van der Waals surface area contributed by atoms with Crippen molar-refractivity contribution in [3.05, 3.63) is 36.2 Å². The number of hydrogen-bond donors (Lipinski definition) is 1. The Kier molecular flexibility index (Phi) is 2.27. The minimum Gasteiger partial charge on any atom is -0.397 e. The lowest BCUT2D eigenvalue weighted by Gasteiger charge is -2.14. The van der Waals surface area contributed by atoms with Crippen molar-refractivity contribution in [3.8, 4) is 0 Å². The topological polar surface area (TPSA) is 42.1 Å². The predicted octanol–water partition coefficient (Wildman–Crippen LogP) is 1.04. The quantitative estimate of drug-likeness (QED) is 0.683. The number of aromatic nitrogens is 1. The van der Waals surface area contributed by atoms with E-state index in [1.54, 1.807) is 6.20 Å². The average Bonchev–Trinajstić information content (AvgIpc) is 2.61. The molecule has 1 aliphatic heterocycles. The van der Waals surface area contributed by atoms with Gasteiger partial charge in [-0.15, -0.1) is 0 Å². The Morgan fingerprint density at radius 2 is 2.15 bits per heavy atom. The minimum atomic E-state index is 0.786. The molecule has 3 heteroatoms. The predicted molar refractivity (Wildman–Crippen MR) is 53.1 cm³/mol. The van der Waals surface area contributed by atoms with Gasteiger partial charge in [0.25, 0.3) is 0 Å². The summed E-state index contributed by atoms with van der Waals surface area (Å²) in [5, 5.41) is 0. The molecule has 0 spiro atoms. The Morgan fingerprint density at radius 1 is 1.38 bits per heavy atom. The summed E-state index contributed by atoms with van der Waals surface area (Å²) in [5.41, 5.74) is 7.55. The summed E-state index contributed by atoms with van der Waals surface area (Å²) in [6.07, 6.45) is 6.12. The molecule has 68 valence electrons. The van der Waals surface area contributed by atoms with Gasteiger partial charge in [0.1, 0.15) is 0 Å². The monoisotopic (exact) mass is 175 g/mol. The number of hydrogen-bond acceptors (Lipinski definition) is 3. The minimum absolute atomic E-state index is 0.786. The van der Waals surface area contributed by atoms with E-state index in [4.69, 9.17) is 5.73 Å². The molecule has 0 aliphatic carbocycles. The van der Waals surface area contributed by atoms with Crippen LogP contribution in [0.5, 0.6) is 0 Å². The van der Waals surface area contributed by atoms with Crippen molar-refractivity contribution in [2.75, 3.05) is 18.8 Å². The van der Waals surface area contributed by atoms with E-state index in [0.717, 1.165) is 31.0 Å². The van der Waals surface area contributed by atoms with Gasteiger partial charge in [0.05, 0.1) is 11.4 Å². The SMILES string of the molecule is Nc1cccnc1CN1CC=CC1. The molecule has 0 atom stereocenters. The van der Waals surface area contributed by atoms with Crippen molar-refractivity contribution in [1.29, 1.82) is 0 Å². The first-order valence-electron chi connectivity index (χ1n) is 4.43. The van der Waals surface area contributed by atoms with Crippen LogP contribution in [0.4, 0.5) is 5.69 Å². The van der Waals surface area contributed by atoms with Gasteiger partial charge in [0.2, 0.25) is 0 Å². The summed E-state index contributed by atoms with van der Waals surface area (Å²) in [6, 6.07) is 3.76. The van der Waals surface area contributed by atoms with Crippen LogP contribution in [0.2, 0.25) is 0 Å². The van der Waals surface area contributed by atoms with E-state index < -0.39 is 0 Å². The van der Waals surface area contributed by atoms with Crippen LogP contribution in [0.3, 0.4) is 0 Å². The van der Waals surface area contributed by atoms with Crippen molar-refractivity contribution >= 4 is 5.69 Å². The van der Waals surface area contributed by atoms with Crippen molar-refractivity contribution in [3.63, 3.8) is 0 Å². The van der Waals surface area contributed by atoms with E-state index in [2.05, 4.69) is 22.0 Å². The lowest BCUT2D eigenvalue weighted by Crippen LogP contribution is -2.20. The zero-order valence-corrected chi connectivity index (χ0v) is 7.48. The van der Waals surface area contributed by atoms with Crippen molar-refractivity contribution in [2.24, 2.45) is 0 Å². The molecule has 0 aromatic carbocycles. The number of anilines is 1. The summed E-state index contributed by atoms with van der Waals surface area (Å²) in [4.78, 5) is 6.54. The van der Waals surface area contributed by atoms with Gasteiger partial charge in [-0.3, -0.25) is 9.88 Å². The van der Waals surface area contributed by atoms with Gasteiger partial charge in [-0.1, -0.05) is 12.2 Å². The Labute approximate surface area is 77.9 Å². The second-order valence-electron chi connectivity index (χ2n) is 3.20. The second kappa shape index (κ2) is 3.58. The molecule has 2 N–H and O–H groups in total. The summed E-state index contributed by atoms with van der Waals surface area (Å²) in [5.74, 6) is 0. The maximum atomic E-state index is 5.79. The highest BCUT2D eigenvalue weighted by molar-refractivity contribution is 5.41. The molecule has 3 nitrogen and oxygen atoms in total. The highest BCUT2D eigenvalue weighted by Gasteiger charge is 2.08. The molecule has 0 radical (unpaired) electrons. The molecule has 2 heterocycles. The number of nitrogen functional groups attached to an aromatic ring is 1. The molecule has 0 amide bonds. The third-order valence-electron chi connectivity index (χ3n) is 2.19. The molecule has 0 fully saturated rings. The molecule has 13 heavy (non-hydrogen) atoms. The highest BCUT2D eigenvalue weighted by atomic mass is 15.1. The van der Waals surface area contributed by atoms with Crippen LogP contribution in [0.1, 0.15) is 5.69 Å². The Bertz CT molecular complexity index is 312. The van der Waals surface area contributed by atoms with Crippen LogP contribution < -0.4 is 5.73 Å². The van der Waals surface area contributed by atoms with Gasteiger partial charge < -0.3 is 5.73 Å². The lowest BCUT2D eigenvalue weighted by molar-refractivity contribution is 0.341. The van der Waals surface area contributed by atoms with Crippen LogP contribution in [0.15, 0.2) is 30.5 Å². The van der Waals surface area contributed by atoms with E-state index in [9.17, 15) is 0 Å². The fraction of sp³-hybridized carbons (Fsp3) is 0.300. The Balaban J connectivity index is 2.05. The third kappa shape index (κ3) is 1.87. The molecular weight excluding hydrogens is 162 g/mol. The van der Waals surface area contributed by atoms with Crippen molar-refractivity contribution in [1.82, 2.24) is 9.88 Å². The molecule has 0 unspecified atom stereocenters. The Hall–Kier alpha value is -1.35. The van der Waals surface area contributed by atoms with Crippen LogP contribution in [-0.4, -0.2) is 23.0 Å². The second-order valence-corrected chi connectivity index (χ2v) is 3.20. The first-order chi connectivity index (χ1) is 6.36. The summed E-state index contributed by atoms with van der Waals surface area (Å²) in [7, 11) is 0. The van der Waals surface area contributed by atoms with Gasteiger partial charge in [0, 0.05) is 25.8 Å². The molecular formula is C10H13N3. The molecule has 0 bridgehead atoms. The molecule has 1 aliphatic rings. The summed E-state index contributed by atoms with van der Waals surface area (Å²) >= 11 is 0. The van der Waals surface area contributed by atoms with E-state index >= 15 is 0 Å². The van der Waals surface area contributed by atoms with E-state index in [-0.39, 0.29) is 0 Å². The van der Waals surface area contributed by atoms with E-state index in [1.807, 2.05) is 12.1 Å². The van der Waals surface area contributed by atoms with Gasteiger partial charge in [-0.05, 0) is 12.1 Å². The van der Waals surface area contributed by atoms with Crippen molar-refractivity contribution < 1.29 is 0 Å². The standard InChI is InChI=1S/C10H13N3/c11-9-4-3-5-12-10(9)8-13-6-1-2-7-13/h1-5H,6-8,11H2. The lowest BCUT2D eigenvalue weighted by atomic mass is 10.3. The van der Waals surface area contributed by atoms with Crippen molar-refractivity contribution in [2.45, 2.75) is 6.54 Å². The zero-order chi connectivity index (χ0) is 9.10. The number of nitrogens with two attached hydrogens (primary N) is 1. The maximum absolute atomic E-state index is 5.79. The largest absolute Gasteiger partial charge is 0.397 e. The first-order valence-corrected chi connectivity index (χ1v) is 4.43. The molecule has 1 aromatic heterocycles. The maximum Gasteiger partial charge on any atom is 0.0772 e. The normalized spacial score (nSPS) is 16.6. The van der Waals surface area contributed by atoms with Crippen LogP contribution in [-0.2, 0) is 6.54 Å². The molecule has 2 rings (SSSR count). The fourth-order valence-corrected chi connectivity index (χ4v) is 1.45. The smallest absolute Gasteiger partial charge is 0.0772 e. The van der Waals surface area contributed by atoms with Gasteiger partial charge >= 0.3 is 0 Å². The number of pyridine rings is 1. The zero-order valence-electron chi connectivity index (χ0n) is 7.48. The Morgan fingerprint density at radius 3 is 2.85 bits per heavy atom. The van der Waals surface area contributed by atoms with Gasteiger partial charge in [-0.2, -0.15) is 0 Å². The van der Waals surface area contributed by atoms with E-state index in [1.165, 1.54) is 0 Å². The summed E-state index contributed by atoms with van der Waals surface area (Å²) in [6.45, 7) is 2.87. The highest BCUT2D eigenvalue weighted by Crippen LogP contribution is 2.11. The van der Waals surface area contributed by atoms with Crippen LogP contribution >= 0.6 is 0 Å². The molecule has 1 aromatic rings. The number of rotatable bonds is 2. The van der Waals surface area contributed by atoms with Crippen LogP contribution in [0, 0.1) is 0 Å². The fourth-order valence-electron chi connectivity index (χ4n) is 1.45. The first kappa shape index (κ1) is 8.26. The summed E-state index contributed by atoms with van der Waals surface area (Å²) < 4.78 is 0.